The molecule has 7 nitrogen and oxygen atoms in total. The number of benzene rings is 1. The number of hydrogen-bond acceptors (Lipinski definition) is 5. The molecule has 2 aromatic rings. The third-order valence-corrected chi connectivity index (χ3v) is 3.72. The predicted molar refractivity (Wildman–Crippen MR) is 83.0 cm³/mol. The fourth-order valence-corrected chi connectivity index (χ4v) is 2.75. The molecule has 2 rings (SSSR count). The van der Waals surface area contributed by atoms with Crippen LogP contribution in [-0.2, 0) is 7.05 Å². The van der Waals surface area contributed by atoms with Crippen molar-refractivity contribution < 1.29 is 24.1 Å². The molecule has 8 heteroatoms. The van der Waals surface area contributed by atoms with Crippen molar-refractivity contribution in [1.82, 2.24) is 9.78 Å². The van der Waals surface area contributed by atoms with Gasteiger partial charge < -0.3 is 19.3 Å². The molecule has 0 saturated heterocycles. The summed E-state index contributed by atoms with van der Waals surface area (Å²) in [5, 5.41) is 13.1. The summed E-state index contributed by atoms with van der Waals surface area (Å²) < 4.78 is 18.3. The molecule has 0 aliphatic heterocycles. The maximum absolute atomic E-state index is 11.1. The van der Waals surface area contributed by atoms with Crippen molar-refractivity contribution in [1.29, 1.82) is 0 Å². The van der Waals surface area contributed by atoms with E-state index in [0.717, 1.165) is 0 Å². The largest absolute Gasteiger partial charge is 0.495 e. The second-order valence-corrected chi connectivity index (χ2v) is 5.20. The van der Waals surface area contributed by atoms with Crippen molar-refractivity contribution in [2.45, 2.75) is 0 Å². The topological polar surface area (TPSA) is 82.8 Å². The summed E-state index contributed by atoms with van der Waals surface area (Å²) in [7, 11) is 6.19. The number of hydrogen-bond donors (Lipinski definition) is 1. The number of aromatic nitrogens is 2. The average Bonchev–Trinajstić information content (AvgIpc) is 2.87. The molecule has 0 saturated carbocycles. The number of halogens is 1. The van der Waals surface area contributed by atoms with Gasteiger partial charge in [0.1, 0.15) is 5.75 Å². The van der Waals surface area contributed by atoms with Gasteiger partial charge in [-0.1, -0.05) is 0 Å². The van der Waals surface area contributed by atoms with E-state index in [-0.39, 0.29) is 5.69 Å². The van der Waals surface area contributed by atoms with Crippen molar-refractivity contribution in [3.8, 4) is 28.5 Å². The van der Waals surface area contributed by atoms with Crippen LogP contribution < -0.4 is 14.2 Å². The van der Waals surface area contributed by atoms with Crippen LogP contribution in [0.1, 0.15) is 10.5 Å². The summed E-state index contributed by atoms with van der Waals surface area (Å²) in [4.78, 5) is 11.1. The Bertz CT molecular complexity index is 727. The summed E-state index contributed by atoms with van der Waals surface area (Å²) >= 11 is 3.41. The number of nitrogens with zero attached hydrogens (tertiary/aromatic N) is 2. The van der Waals surface area contributed by atoms with Gasteiger partial charge in [0.05, 0.1) is 37.1 Å². The SMILES string of the molecule is COc1cc(Br)c(OC)c(-c2cc(C(=O)O)nn2C)c1OC. The number of rotatable bonds is 5. The Morgan fingerprint density at radius 1 is 1.18 bits per heavy atom. The van der Waals surface area contributed by atoms with Crippen molar-refractivity contribution >= 4 is 21.9 Å². The van der Waals surface area contributed by atoms with Crippen molar-refractivity contribution in [2.24, 2.45) is 7.05 Å². The molecular weight excluding hydrogens is 356 g/mol. The van der Waals surface area contributed by atoms with Gasteiger partial charge in [-0.2, -0.15) is 5.10 Å². The number of methoxy groups -OCH3 is 3. The van der Waals surface area contributed by atoms with Gasteiger partial charge in [-0.05, 0) is 22.0 Å². The van der Waals surface area contributed by atoms with Crippen LogP contribution >= 0.6 is 15.9 Å². The minimum absolute atomic E-state index is 0.0689. The maximum Gasteiger partial charge on any atom is 0.356 e. The fourth-order valence-electron chi connectivity index (χ4n) is 2.18. The van der Waals surface area contributed by atoms with Gasteiger partial charge in [0.15, 0.2) is 17.2 Å². The van der Waals surface area contributed by atoms with Crippen LogP contribution in [0.5, 0.6) is 17.2 Å². The number of carbonyl (C=O) groups is 1. The fraction of sp³-hybridized carbons (Fsp3) is 0.286. The zero-order chi connectivity index (χ0) is 16.4. The number of carboxylic acid groups (broad SMARTS) is 1. The van der Waals surface area contributed by atoms with Gasteiger partial charge in [0.25, 0.3) is 0 Å². The molecule has 0 radical (unpaired) electrons. The third kappa shape index (κ3) is 2.61. The Hall–Kier alpha value is -2.22. The molecule has 0 amide bonds. The van der Waals surface area contributed by atoms with Crippen LogP contribution in [0.15, 0.2) is 16.6 Å². The van der Waals surface area contributed by atoms with E-state index in [1.54, 1.807) is 13.1 Å². The molecule has 0 fully saturated rings. The molecule has 0 aliphatic carbocycles. The Kier molecular flexibility index (Phi) is 4.60. The standard InChI is InChI=1S/C14H15BrN2O5/c1-17-9(6-8(16-17)14(18)19)11-12(21-3)7(15)5-10(20-2)13(11)22-4/h5-6H,1-4H3,(H,18,19). The third-order valence-electron chi connectivity index (χ3n) is 3.14. The van der Waals surface area contributed by atoms with Crippen LogP contribution in [0.2, 0.25) is 0 Å². The first-order valence-electron chi connectivity index (χ1n) is 6.20. The normalized spacial score (nSPS) is 10.4. The highest BCUT2D eigenvalue weighted by Crippen LogP contribution is 2.48. The molecule has 0 unspecified atom stereocenters. The van der Waals surface area contributed by atoms with Crippen LogP contribution in [-0.4, -0.2) is 42.2 Å². The minimum atomic E-state index is -1.11. The van der Waals surface area contributed by atoms with Crippen LogP contribution in [0.3, 0.4) is 0 Å². The molecule has 0 aliphatic rings. The van der Waals surface area contributed by atoms with Gasteiger partial charge in [0.2, 0.25) is 0 Å². The first kappa shape index (κ1) is 16.2. The number of carboxylic acids is 1. The summed E-state index contributed by atoms with van der Waals surface area (Å²) in [6.07, 6.45) is 0. The second-order valence-electron chi connectivity index (χ2n) is 4.35. The maximum atomic E-state index is 11.1. The van der Waals surface area contributed by atoms with E-state index in [4.69, 9.17) is 19.3 Å². The quantitative estimate of drug-likeness (QED) is 0.870. The Morgan fingerprint density at radius 2 is 1.82 bits per heavy atom. The second kappa shape index (κ2) is 6.27. The van der Waals surface area contributed by atoms with Gasteiger partial charge in [-0.25, -0.2) is 4.79 Å². The van der Waals surface area contributed by atoms with Crippen molar-refractivity contribution in [2.75, 3.05) is 21.3 Å². The first-order chi connectivity index (χ1) is 10.4. The highest BCUT2D eigenvalue weighted by Gasteiger charge is 2.25. The summed E-state index contributed by atoms with van der Waals surface area (Å²) in [6.45, 7) is 0. The number of aryl methyl sites for hydroxylation is 1. The lowest BCUT2D eigenvalue weighted by atomic mass is 10.1. The Morgan fingerprint density at radius 3 is 2.27 bits per heavy atom. The molecular formula is C14H15BrN2O5. The highest BCUT2D eigenvalue weighted by molar-refractivity contribution is 9.10. The summed E-state index contributed by atoms with van der Waals surface area (Å²) in [5.41, 5.74) is 1.02. The smallest absolute Gasteiger partial charge is 0.356 e. The molecule has 0 atom stereocenters. The molecule has 0 spiro atoms. The number of ether oxygens (including phenoxy) is 3. The molecule has 22 heavy (non-hydrogen) atoms. The molecule has 118 valence electrons. The van der Waals surface area contributed by atoms with Gasteiger partial charge >= 0.3 is 5.97 Å². The molecule has 1 aromatic carbocycles. The monoisotopic (exact) mass is 370 g/mol. The van der Waals surface area contributed by atoms with E-state index in [0.29, 0.717) is 33.0 Å². The molecule has 0 bridgehead atoms. The van der Waals surface area contributed by atoms with Gasteiger partial charge in [-0.3, -0.25) is 4.68 Å². The van der Waals surface area contributed by atoms with E-state index in [2.05, 4.69) is 21.0 Å². The summed E-state index contributed by atoms with van der Waals surface area (Å²) in [6, 6.07) is 3.17. The van der Waals surface area contributed by atoms with Gasteiger partial charge in [-0.15, -0.1) is 0 Å². The van der Waals surface area contributed by atoms with E-state index in [9.17, 15) is 4.79 Å². The first-order valence-corrected chi connectivity index (χ1v) is 7.00. The zero-order valence-corrected chi connectivity index (χ0v) is 14.1. The minimum Gasteiger partial charge on any atom is -0.495 e. The van der Waals surface area contributed by atoms with E-state index in [1.165, 1.54) is 32.1 Å². The molecule has 1 heterocycles. The van der Waals surface area contributed by atoms with Crippen LogP contribution in [0.25, 0.3) is 11.3 Å². The van der Waals surface area contributed by atoms with E-state index >= 15 is 0 Å². The summed E-state index contributed by atoms with van der Waals surface area (Å²) in [5.74, 6) is 0.310. The van der Waals surface area contributed by atoms with Crippen LogP contribution in [0.4, 0.5) is 0 Å². The highest BCUT2D eigenvalue weighted by atomic mass is 79.9. The number of aromatic carboxylic acids is 1. The zero-order valence-electron chi connectivity index (χ0n) is 12.5. The van der Waals surface area contributed by atoms with Crippen molar-refractivity contribution in [3.05, 3.63) is 22.3 Å². The Labute approximate surface area is 135 Å². The van der Waals surface area contributed by atoms with E-state index < -0.39 is 5.97 Å². The lowest BCUT2D eigenvalue weighted by Gasteiger charge is -2.17. The average molecular weight is 371 g/mol. The lowest BCUT2D eigenvalue weighted by molar-refractivity contribution is 0.0689. The molecule has 1 N–H and O–H groups in total. The van der Waals surface area contributed by atoms with E-state index in [1.807, 2.05) is 0 Å². The van der Waals surface area contributed by atoms with Crippen LogP contribution in [0, 0.1) is 0 Å². The predicted octanol–water partition coefficient (Wildman–Crippen LogP) is 2.57. The molecule has 1 aromatic heterocycles. The van der Waals surface area contributed by atoms with Crippen molar-refractivity contribution in [3.63, 3.8) is 0 Å². The van der Waals surface area contributed by atoms with Gasteiger partial charge in [0, 0.05) is 13.1 Å². The Balaban J connectivity index is 2.82. The lowest BCUT2D eigenvalue weighted by Crippen LogP contribution is -2.02.